The fourth-order valence-corrected chi connectivity index (χ4v) is 6.20. The molecule has 1 N–H and O–H groups in total. The summed E-state index contributed by atoms with van der Waals surface area (Å²) in [5, 5.41) is 4.50. The summed E-state index contributed by atoms with van der Waals surface area (Å²) in [4.78, 5) is 17.2. The molecule has 0 bridgehead atoms. The van der Waals surface area contributed by atoms with Crippen LogP contribution in [0, 0.1) is 5.92 Å². The summed E-state index contributed by atoms with van der Waals surface area (Å²) in [6, 6.07) is 9.56. The first-order valence-corrected chi connectivity index (χ1v) is 12.5. The Labute approximate surface area is 192 Å². The molecule has 0 saturated carbocycles. The molecule has 4 rings (SSSR count). The fourth-order valence-electron chi connectivity index (χ4n) is 3.31. The summed E-state index contributed by atoms with van der Waals surface area (Å²) in [5.41, 5.74) is 0.549. The van der Waals surface area contributed by atoms with Crippen LogP contribution in [0.15, 0.2) is 41.3 Å². The molecule has 1 amide bonds. The summed E-state index contributed by atoms with van der Waals surface area (Å²) in [7, 11) is -3.61. The van der Waals surface area contributed by atoms with E-state index < -0.39 is 10.0 Å². The van der Waals surface area contributed by atoms with Crippen LogP contribution in [0.4, 0.5) is 5.13 Å². The van der Waals surface area contributed by atoms with E-state index in [1.165, 1.54) is 27.8 Å². The lowest BCUT2D eigenvalue weighted by atomic mass is 9.97. The van der Waals surface area contributed by atoms with Crippen molar-refractivity contribution in [1.29, 1.82) is 0 Å². The molecule has 11 heteroatoms. The van der Waals surface area contributed by atoms with Crippen molar-refractivity contribution in [2.45, 2.75) is 17.7 Å². The lowest BCUT2D eigenvalue weighted by Crippen LogP contribution is -2.41. The third-order valence-electron chi connectivity index (χ3n) is 4.96. The van der Waals surface area contributed by atoms with E-state index in [1.54, 1.807) is 24.3 Å². The number of piperidine rings is 1. The van der Waals surface area contributed by atoms with Gasteiger partial charge < -0.3 is 5.32 Å². The third-order valence-corrected chi connectivity index (χ3v) is 8.85. The Balaban J connectivity index is 1.41. The molecule has 0 radical (unpaired) electrons. The molecule has 1 aliphatic rings. The van der Waals surface area contributed by atoms with Crippen LogP contribution in [0.5, 0.6) is 0 Å². The number of nitrogens with zero attached hydrogens (tertiary/aromatic N) is 2. The summed E-state index contributed by atoms with van der Waals surface area (Å²) < 4.78 is 27.8. The van der Waals surface area contributed by atoms with Gasteiger partial charge in [0.05, 0.1) is 19.6 Å². The van der Waals surface area contributed by atoms with Crippen LogP contribution in [0.25, 0.3) is 10.2 Å². The maximum absolute atomic E-state index is 12.8. The van der Waals surface area contributed by atoms with E-state index in [1.807, 2.05) is 0 Å². The van der Waals surface area contributed by atoms with Gasteiger partial charge in [0.15, 0.2) is 5.13 Å². The molecule has 1 fully saturated rings. The number of amides is 1. The van der Waals surface area contributed by atoms with Gasteiger partial charge in [0.2, 0.25) is 15.9 Å². The molecule has 2 heterocycles. The molecule has 0 unspecified atom stereocenters. The number of sulfonamides is 1. The first kappa shape index (κ1) is 21.8. The average Bonchev–Trinajstić information content (AvgIpc) is 3.14. The predicted octanol–water partition coefficient (Wildman–Crippen LogP) is 5.30. The number of benzene rings is 2. The number of halogens is 3. The van der Waals surface area contributed by atoms with Crippen LogP contribution in [0.2, 0.25) is 15.1 Å². The normalized spacial score (nSPS) is 16.1. The average molecular weight is 505 g/mol. The Morgan fingerprint density at radius 1 is 1.07 bits per heavy atom. The lowest BCUT2D eigenvalue weighted by molar-refractivity contribution is -0.120. The van der Waals surface area contributed by atoms with Crippen molar-refractivity contribution in [3.8, 4) is 0 Å². The topological polar surface area (TPSA) is 79.4 Å². The van der Waals surface area contributed by atoms with Gasteiger partial charge >= 0.3 is 0 Å². The fraction of sp³-hybridized carbons (Fsp3) is 0.263. The lowest BCUT2D eigenvalue weighted by Gasteiger charge is -2.30. The van der Waals surface area contributed by atoms with Gasteiger partial charge in [0.25, 0.3) is 0 Å². The predicted molar refractivity (Wildman–Crippen MR) is 121 cm³/mol. The maximum atomic E-state index is 12.8. The Morgan fingerprint density at radius 3 is 2.40 bits per heavy atom. The zero-order chi connectivity index (χ0) is 21.5. The highest BCUT2D eigenvalue weighted by Crippen LogP contribution is 2.35. The minimum Gasteiger partial charge on any atom is -0.302 e. The Morgan fingerprint density at radius 2 is 1.73 bits per heavy atom. The molecule has 158 valence electrons. The number of hydrogen-bond acceptors (Lipinski definition) is 5. The molecule has 0 aliphatic carbocycles. The number of rotatable bonds is 4. The molecule has 0 atom stereocenters. The van der Waals surface area contributed by atoms with Crippen molar-refractivity contribution in [2.24, 2.45) is 5.92 Å². The summed E-state index contributed by atoms with van der Waals surface area (Å²) in [6.45, 7) is 0.536. The molecular formula is C19H16Cl3N3O3S2. The van der Waals surface area contributed by atoms with Gasteiger partial charge in [0, 0.05) is 24.0 Å². The number of hydrogen-bond donors (Lipinski definition) is 1. The first-order valence-electron chi connectivity index (χ1n) is 9.07. The Hall–Kier alpha value is -1.42. The van der Waals surface area contributed by atoms with Gasteiger partial charge in [-0.1, -0.05) is 46.1 Å². The van der Waals surface area contributed by atoms with Gasteiger partial charge in [-0.3, -0.25) is 4.79 Å². The van der Waals surface area contributed by atoms with E-state index >= 15 is 0 Å². The highest BCUT2D eigenvalue weighted by atomic mass is 35.5. The van der Waals surface area contributed by atoms with Gasteiger partial charge in [-0.25, -0.2) is 13.4 Å². The number of anilines is 1. The number of fused-ring (bicyclic) bond motifs is 1. The number of carbonyl (C=O) groups excluding carboxylic acids is 1. The van der Waals surface area contributed by atoms with Crippen molar-refractivity contribution in [1.82, 2.24) is 9.29 Å². The van der Waals surface area contributed by atoms with E-state index in [0.717, 1.165) is 4.70 Å². The van der Waals surface area contributed by atoms with Gasteiger partial charge in [-0.05, 0) is 49.2 Å². The smallest absolute Gasteiger partial charge is 0.243 e. The van der Waals surface area contributed by atoms with Crippen molar-refractivity contribution in [2.75, 3.05) is 18.4 Å². The van der Waals surface area contributed by atoms with E-state index in [2.05, 4.69) is 10.3 Å². The summed E-state index contributed by atoms with van der Waals surface area (Å²) in [5.74, 6) is -0.479. The van der Waals surface area contributed by atoms with Crippen LogP contribution in [-0.2, 0) is 14.8 Å². The monoisotopic (exact) mass is 503 g/mol. The quantitative estimate of drug-likeness (QED) is 0.523. The van der Waals surface area contributed by atoms with Gasteiger partial charge in [-0.2, -0.15) is 4.31 Å². The first-order chi connectivity index (χ1) is 14.3. The molecule has 0 spiro atoms. The van der Waals surface area contributed by atoms with Crippen LogP contribution < -0.4 is 5.32 Å². The van der Waals surface area contributed by atoms with Crippen molar-refractivity contribution >= 4 is 77.4 Å². The zero-order valence-corrected chi connectivity index (χ0v) is 19.3. The molecule has 1 aliphatic heterocycles. The van der Waals surface area contributed by atoms with E-state index in [0.29, 0.717) is 38.6 Å². The summed E-state index contributed by atoms with van der Waals surface area (Å²) >= 11 is 19.3. The van der Waals surface area contributed by atoms with Crippen molar-refractivity contribution in [3.05, 3.63) is 51.5 Å². The summed E-state index contributed by atoms with van der Waals surface area (Å²) in [6.07, 6.45) is 0.853. The van der Waals surface area contributed by atoms with E-state index in [-0.39, 0.29) is 29.8 Å². The number of carbonyl (C=O) groups is 1. The van der Waals surface area contributed by atoms with Crippen LogP contribution in [-0.4, -0.2) is 36.7 Å². The van der Waals surface area contributed by atoms with Gasteiger partial charge in [0.1, 0.15) is 5.52 Å². The van der Waals surface area contributed by atoms with Crippen LogP contribution >= 0.6 is 46.1 Å². The van der Waals surface area contributed by atoms with Crippen molar-refractivity contribution in [3.63, 3.8) is 0 Å². The van der Waals surface area contributed by atoms with Gasteiger partial charge in [-0.15, -0.1) is 0 Å². The molecule has 30 heavy (non-hydrogen) atoms. The van der Waals surface area contributed by atoms with E-state index in [4.69, 9.17) is 34.8 Å². The minimum absolute atomic E-state index is 0.181. The third kappa shape index (κ3) is 4.30. The Kier molecular flexibility index (Phi) is 6.25. The van der Waals surface area contributed by atoms with E-state index in [9.17, 15) is 13.2 Å². The zero-order valence-electron chi connectivity index (χ0n) is 15.4. The number of nitrogens with one attached hydrogen (secondary N) is 1. The second kappa shape index (κ2) is 8.61. The standard InChI is InChI=1S/C19H16Cl3N3O3S2/c20-12-1-3-13(4-2-12)30(27,28)25-9-7-11(8-10-25)18(26)24-19-23-17-15(29-19)6-5-14(21)16(17)22/h1-6,11H,7-10H2,(H,23,24,26). The Bertz CT molecular complexity index is 1200. The highest BCUT2D eigenvalue weighted by molar-refractivity contribution is 7.89. The maximum Gasteiger partial charge on any atom is 0.243 e. The number of thiazole rings is 1. The van der Waals surface area contributed by atoms with Crippen LogP contribution in [0.1, 0.15) is 12.8 Å². The molecular weight excluding hydrogens is 489 g/mol. The molecule has 2 aromatic carbocycles. The van der Waals surface area contributed by atoms with Crippen LogP contribution in [0.3, 0.4) is 0 Å². The molecule has 1 saturated heterocycles. The molecule has 1 aromatic heterocycles. The number of aromatic nitrogens is 1. The molecule has 6 nitrogen and oxygen atoms in total. The SMILES string of the molecule is O=C(Nc1nc2c(Cl)c(Cl)ccc2s1)C1CCN(S(=O)(=O)c2ccc(Cl)cc2)CC1. The second-order valence-electron chi connectivity index (χ2n) is 6.85. The van der Waals surface area contributed by atoms with Crippen molar-refractivity contribution < 1.29 is 13.2 Å². The minimum atomic E-state index is -3.61. The largest absolute Gasteiger partial charge is 0.302 e. The second-order valence-corrected chi connectivity index (χ2v) is 11.0. The molecule has 3 aromatic rings. The highest BCUT2D eigenvalue weighted by Gasteiger charge is 2.32.